The molecule has 0 atom stereocenters. The van der Waals surface area contributed by atoms with Crippen LogP contribution in [-0.4, -0.2) is 31.6 Å². The monoisotopic (exact) mass is 284 g/mol. The lowest BCUT2D eigenvalue weighted by Gasteiger charge is -2.18. The molecule has 1 rings (SSSR count). The zero-order chi connectivity index (χ0) is 14.5. The first kappa shape index (κ1) is 15.6. The quantitative estimate of drug-likeness (QED) is 0.506. The normalized spacial score (nSPS) is 11.7. The Hall–Kier alpha value is -1.44. The Kier molecular flexibility index (Phi) is 5.46. The second-order valence-electron chi connectivity index (χ2n) is 4.02. The molecule has 0 aliphatic rings. The first-order chi connectivity index (χ1) is 8.90. The molecule has 0 bridgehead atoms. The smallest absolute Gasteiger partial charge is 0.279 e. The molecule has 6 nitrogen and oxygen atoms in total. The van der Waals surface area contributed by atoms with Crippen molar-refractivity contribution in [2.75, 3.05) is 13.1 Å². The third-order valence-electron chi connectivity index (χ3n) is 2.74. The van der Waals surface area contributed by atoms with Crippen molar-refractivity contribution in [1.29, 1.82) is 5.41 Å². The number of benzene rings is 1. The summed E-state index contributed by atoms with van der Waals surface area (Å²) in [6.07, 6.45) is 0. The van der Waals surface area contributed by atoms with Crippen LogP contribution in [0.4, 0.5) is 0 Å². The first-order valence-corrected chi connectivity index (χ1v) is 7.52. The minimum absolute atomic E-state index is 0.0338. The van der Waals surface area contributed by atoms with Crippen molar-refractivity contribution in [1.82, 2.24) is 9.03 Å². The van der Waals surface area contributed by atoms with Crippen molar-refractivity contribution in [3.8, 4) is 0 Å². The minimum atomic E-state index is -3.46. The van der Waals surface area contributed by atoms with Gasteiger partial charge in [0.15, 0.2) is 0 Å². The highest BCUT2D eigenvalue weighted by atomic mass is 32.2. The molecule has 0 unspecified atom stereocenters. The predicted octanol–water partition coefficient (Wildman–Crippen LogP) is 0.647. The van der Waals surface area contributed by atoms with Crippen LogP contribution in [0.25, 0.3) is 0 Å². The second-order valence-corrected chi connectivity index (χ2v) is 5.78. The summed E-state index contributed by atoms with van der Waals surface area (Å²) in [4.78, 5) is 0. The summed E-state index contributed by atoms with van der Waals surface area (Å²) < 4.78 is 27.7. The Balaban J connectivity index is 2.77. The van der Waals surface area contributed by atoms with Gasteiger partial charge in [0.2, 0.25) is 0 Å². The third-order valence-corrected chi connectivity index (χ3v) is 4.45. The van der Waals surface area contributed by atoms with E-state index >= 15 is 0 Å². The summed E-state index contributed by atoms with van der Waals surface area (Å²) in [6.45, 7) is 4.62. The zero-order valence-corrected chi connectivity index (χ0v) is 12.0. The van der Waals surface area contributed by atoms with E-state index in [0.29, 0.717) is 18.7 Å². The molecular weight excluding hydrogens is 264 g/mol. The van der Waals surface area contributed by atoms with Crippen LogP contribution in [0.5, 0.6) is 0 Å². The second kappa shape index (κ2) is 6.65. The van der Waals surface area contributed by atoms with Gasteiger partial charge in [0, 0.05) is 25.2 Å². The number of hydrogen-bond acceptors (Lipinski definition) is 3. The summed E-state index contributed by atoms with van der Waals surface area (Å²) in [5.74, 6) is -0.0338. The highest BCUT2D eigenvalue weighted by molar-refractivity contribution is 7.87. The van der Waals surface area contributed by atoms with Gasteiger partial charge in [-0.15, -0.1) is 0 Å². The molecule has 1 aromatic rings. The van der Waals surface area contributed by atoms with Gasteiger partial charge in [0.1, 0.15) is 5.84 Å². The van der Waals surface area contributed by atoms with Crippen molar-refractivity contribution in [3.05, 3.63) is 35.4 Å². The Morgan fingerprint density at radius 1 is 1.37 bits per heavy atom. The maximum Gasteiger partial charge on any atom is 0.279 e. The zero-order valence-electron chi connectivity index (χ0n) is 11.2. The van der Waals surface area contributed by atoms with E-state index in [4.69, 9.17) is 11.1 Å². The van der Waals surface area contributed by atoms with Crippen molar-refractivity contribution in [3.63, 3.8) is 0 Å². The summed E-state index contributed by atoms with van der Waals surface area (Å²) in [7, 11) is -3.46. The molecule has 0 saturated heterocycles. The van der Waals surface area contributed by atoms with Crippen LogP contribution in [0, 0.1) is 5.41 Å². The highest BCUT2D eigenvalue weighted by Crippen LogP contribution is 2.06. The van der Waals surface area contributed by atoms with E-state index in [2.05, 4.69) is 4.72 Å². The molecule has 0 aliphatic heterocycles. The number of nitrogen functional groups attached to an aromatic ring is 1. The summed E-state index contributed by atoms with van der Waals surface area (Å²) >= 11 is 0. The Labute approximate surface area is 114 Å². The molecule has 0 aromatic heterocycles. The van der Waals surface area contributed by atoms with Crippen molar-refractivity contribution >= 4 is 16.0 Å². The topological polar surface area (TPSA) is 99.3 Å². The van der Waals surface area contributed by atoms with Crippen molar-refractivity contribution in [2.45, 2.75) is 20.4 Å². The van der Waals surface area contributed by atoms with Crippen LogP contribution < -0.4 is 10.5 Å². The summed E-state index contributed by atoms with van der Waals surface area (Å²) in [6, 6.07) is 6.95. The molecule has 7 heteroatoms. The lowest BCUT2D eigenvalue weighted by molar-refractivity contribution is 0.434. The summed E-state index contributed by atoms with van der Waals surface area (Å²) in [5.41, 5.74) is 6.74. The fourth-order valence-corrected chi connectivity index (χ4v) is 2.89. The average Bonchev–Trinajstić information content (AvgIpc) is 2.38. The molecule has 0 saturated carbocycles. The number of nitrogens with one attached hydrogen (secondary N) is 2. The van der Waals surface area contributed by atoms with Crippen LogP contribution >= 0.6 is 0 Å². The van der Waals surface area contributed by atoms with Crippen molar-refractivity contribution in [2.24, 2.45) is 5.73 Å². The fourth-order valence-electron chi connectivity index (χ4n) is 1.68. The molecule has 0 radical (unpaired) electrons. The number of nitrogens with two attached hydrogens (primary N) is 1. The minimum Gasteiger partial charge on any atom is -0.384 e. The predicted molar refractivity (Wildman–Crippen MR) is 76.1 cm³/mol. The molecule has 0 heterocycles. The van der Waals surface area contributed by atoms with Crippen LogP contribution in [-0.2, 0) is 16.8 Å². The van der Waals surface area contributed by atoms with Gasteiger partial charge in [-0.2, -0.15) is 17.4 Å². The maximum absolute atomic E-state index is 11.9. The van der Waals surface area contributed by atoms with Crippen molar-refractivity contribution < 1.29 is 8.42 Å². The molecule has 1 aromatic carbocycles. The van der Waals surface area contributed by atoms with Gasteiger partial charge < -0.3 is 5.73 Å². The summed E-state index contributed by atoms with van der Waals surface area (Å²) in [5, 5.41) is 7.35. The molecule has 0 spiro atoms. The highest BCUT2D eigenvalue weighted by Gasteiger charge is 2.17. The van der Waals surface area contributed by atoms with E-state index in [1.807, 2.05) is 0 Å². The van der Waals surface area contributed by atoms with E-state index in [-0.39, 0.29) is 12.4 Å². The van der Waals surface area contributed by atoms with Gasteiger partial charge in [-0.3, -0.25) is 5.41 Å². The van der Waals surface area contributed by atoms with E-state index in [0.717, 1.165) is 5.56 Å². The number of rotatable bonds is 7. The van der Waals surface area contributed by atoms with Gasteiger partial charge in [-0.05, 0) is 11.6 Å². The van der Waals surface area contributed by atoms with E-state index < -0.39 is 10.2 Å². The largest absolute Gasteiger partial charge is 0.384 e. The molecular formula is C12H20N4O2S. The van der Waals surface area contributed by atoms with E-state index in [1.165, 1.54) is 4.31 Å². The van der Waals surface area contributed by atoms with Crippen LogP contribution in [0.15, 0.2) is 24.3 Å². The number of nitrogens with zero attached hydrogens (tertiary/aromatic N) is 1. The van der Waals surface area contributed by atoms with E-state index in [9.17, 15) is 8.42 Å². The van der Waals surface area contributed by atoms with Gasteiger partial charge >= 0.3 is 0 Å². The van der Waals surface area contributed by atoms with Gasteiger partial charge in [0.05, 0.1) is 0 Å². The number of amidine groups is 1. The fraction of sp³-hybridized carbons (Fsp3) is 0.417. The van der Waals surface area contributed by atoms with E-state index in [1.54, 1.807) is 38.1 Å². The van der Waals surface area contributed by atoms with Crippen LogP contribution in [0.2, 0.25) is 0 Å². The lowest BCUT2D eigenvalue weighted by atomic mass is 10.1. The third kappa shape index (κ3) is 4.30. The molecule has 106 valence electrons. The van der Waals surface area contributed by atoms with Crippen LogP contribution in [0.3, 0.4) is 0 Å². The van der Waals surface area contributed by atoms with Gasteiger partial charge in [-0.25, -0.2) is 0 Å². The Bertz CT molecular complexity index is 538. The Morgan fingerprint density at radius 2 is 2.00 bits per heavy atom. The molecule has 19 heavy (non-hydrogen) atoms. The van der Waals surface area contributed by atoms with Gasteiger partial charge in [0.25, 0.3) is 10.2 Å². The number of hydrogen-bond donors (Lipinski definition) is 3. The first-order valence-electron chi connectivity index (χ1n) is 6.08. The molecule has 0 amide bonds. The van der Waals surface area contributed by atoms with Crippen LogP contribution in [0.1, 0.15) is 25.0 Å². The average molecular weight is 284 g/mol. The maximum atomic E-state index is 11.9. The standard InChI is InChI=1S/C12H20N4O2S/c1-3-16(4-2)19(17,18)15-9-10-6-5-7-11(8-10)12(13)14/h5-8,15H,3-4,9H2,1-2H3,(H3,13,14). The Morgan fingerprint density at radius 3 is 2.53 bits per heavy atom. The molecule has 0 fully saturated rings. The molecule has 4 N–H and O–H groups in total. The molecule has 0 aliphatic carbocycles. The van der Waals surface area contributed by atoms with Gasteiger partial charge in [-0.1, -0.05) is 32.0 Å². The lowest BCUT2D eigenvalue weighted by Crippen LogP contribution is -2.40. The SMILES string of the molecule is CCN(CC)S(=O)(=O)NCc1cccc(C(=N)N)c1.